The van der Waals surface area contributed by atoms with Gasteiger partial charge in [0.15, 0.2) is 22.5 Å². The van der Waals surface area contributed by atoms with E-state index in [1.165, 1.54) is 11.1 Å². The number of hydrogen-bond donors (Lipinski definition) is 3. The average Bonchev–Trinajstić information content (AvgIpc) is 4.08. The molecular weight excluding hydrogens is 819 g/mol. The summed E-state index contributed by atoms with van der Waals surface area (Å²) in [6.45, 7) is 27.4. The molecular formula is C55H67N9O2. The van der Waals surface area contributed by atoms with Crippen LogP contribution < -0.4 is 5.43 Å². The van der Waals surface area contributed by atoms with Crippen molar-refractivity contribution in [2.24, 2.45) is 7.05 Å². The zero-order chi connectivity index (χ0) is 47.9. The molecule has 0 amide bonds. The standard InChI is InChI=1S/C13H15NO.2C11H14N2.C10H13N3.C10H11NO/c1-13(2,3)12-8-11(15)9-6-4-5-7-10(9)14-12;1-7(2)11-12-9-5-4-8(3)6-10(9)13-11;1-8(2)11-12-9-6-4-5-7-10(9)13(11)3;1-6(2)9-12-8-4-7(3)5-11-10(8)13-9;1-7(2)10-11-8-5-3-4-6-9(8)12-10/h4-8H,1-3H3,(H,14,15);4-7H,1-3H3,(H,12,13);4-8H,1-3H3;4-6H,1-3H3,(H,11,12,13);3-7H,1-2H3. The third-order valence-corrected chi connectivity index (χ3v) is 10.9. The van der Waals surface area contributed by atoms with Crippen LogP contribution in [0.5, 0.6) is 0 Å². The quantitative estimate of drug-likeness (QED) is 0.159. The lowest BCUT2D eigenvalue weighted by atomic mass is 9.91. The summed E-state index contributed by atoms with van der Waals surface area (Å²) in [7, 11) is 2.07. The number of fused-ring (bicyclic) bond motifs is 5. The van der Waals surface area contributed by atoms with Gasteiger partial charge in [0.2, 0.25) is 0 Å². The second-order valence-electron chi connectivity index (χ2n) is 19.1. The minimum Gasteiger partial charge on any atom is -0.440 e. The number of rotatable bonds is 4. The van der Waals surface area contributed by atoms with Crippen molar-refractivity contribution in [2.45, 2.75) is 119 Å². The topological polar surface area (TPSA) is 147 Å². The Hall–Kier alpha value is -6.88. The number of nitrogens with one attached hydrogen (secondary N) is 3. The van der Waals surface area contributed by atoms with Crippen LogP contribution in [-0.2, 0) is 12.5 Å². The summed E-state index contributed by atoms with van der Waals surface area (Å²) >= 11 is 0. The van der Waals surface area contributed by atoms with Crippen molar-refractivity contribution in [3.8, 4) is 0 Å². The molecule has 0 unspecified atom stereocenters. The summed E-state index contributed by atoms with van der Waals surface area (Å²) in [6.07, 6.45) is 1.84. The van der Waals surface area contributed by atoms with Crippen LogP contribution in [0.3, 0.4) is 0 Å². The lowest BCUT2D eigenvalue weighted by Crippen LogP contribution is -2.17. The SMILES string of the molecule is CC(C)(C)c1cc(=O)c2ccccc2[nH]1.CC(C)c1nc2ccccc2n1C.CC(C)c1nc2ccccc2o1.Cc1ccc2nc(C(C)C)[nH]c2c1.Cc1cnc2nc(C(C)C)[nH]c2c1. The third kappa shape index (κ3) is 12.1. The van der Waals surface area contributed by atoms with Crippen LogP contribution in [0, 0.1) is 13.8 Å². The van der Waals surface area contributed by atoms with Gasteiger partial charge in [0.05, 0.1) is 27.6 Å². The van der Waals surface area contributed by atoms with E-state index < -0.39 is 0 Å². The van der Waals surface area contributed by atoms with Crippen LogP contribution in [0.2, 0.25) is 0 Å². The molecule has 0 fully saturated rings. The van der Waals surface area contributed by atoms with Crippen LogP contribution in [-0.4, -0.2) is 44.4 Å². The van der Waals surface area contributed by atoms with Gasteiger partial charge in [0.25, 0.3) is 0 Å². The molecule has 11 heteroatoms. The summed E-state index contributed by atoms with van der Waals surface area (Å²) in [4.78, 5) is 43.8. The van der Waals surface area contributed by atoms with Gasteiger partial charge in [-0.15, -0.1) is 0 Å². The van der Waals surface area contributed by atoms with Gasteiger partial charge in [0.1, 0.15) is 23.0 Å². The number of benzene rings is 4. The van der Waals surface area contributed by atoms with Gasteiger partial charge in [0, 0.05) is 65.0 Å². The summed E-state index contributed by atoms with van der Waals surface area (Å²) < 4.78 is 7.68. The number of para-hydroxylation sites is 5. The van der Waals surface area contributed by atoms with Crippen molar-refractivity contribution in [2.75, 3.05) is 0 Å². The summed E-state index contributed by atoms with van der Waals surface area (Å²) in [5.41, 5.74) is 12.6. The fourth-order valence-electron chi connectivity index (χ4n) is 7.13. The van der Waals surface area contributed by atoms with Gasteiger partial charge in [-0.1, -0.05) is 119 Å². The normalized spacial score (nSPS) is 11.5. The van der Waals surface area contributed by atoms with Gasteiger partial charge in [-0.25, -0.2) is 24.9 Å². The van der Waals surface area contributed by atoms with E-state index in [0.717, 1.165) is 84.3 Å². The molecule has 4 aromatic carbocycles. The van der Waals surface area contributed by atoms with E-state index in [1.807, 2.05) is 73.8 Å². The molecule has 6 heterocycles. The number of aryl methyl sites for hydroxylation is 3. The van der Waals surface area contributed by atoms with Crippen molar-refractivity contribution >= 4 is 55.2 Å². The number of H-pyrrole nitrogens is 3. The molecule has 0 saturated carbocycles. The lowest BCUT2D eigenvalue weighted by molar-refractivity contribution is 0.501. The summed E-state index contributed by atoms with van der Waals surface area (Å²) in [5, 5.41) is 0.755. The number of imidazole rings is 3. The molecule has 0 spiro atoms. The van der Waals surface area contributed by atoms with Crippen LogP contribution in [0.25, 0.3) is 55.2 Å². The summed E-state index contributed by atoms with van der Waals surface area (Å²) in [5.74, 6) is 5.78. The smallest absolute Gasteiger partial charge is 0.198 e. The molecule has 0 bridgehead atoms. The highest BCUT2D eigenvalue weighted by molar-refractivity contribution is 5.79. The highest BCUT2D eigenvalue weighted by Crippen LogP contribution is 2.23. The Kier molecular flexibility index (Phi) is 15.4. The van der Waals surface area contributed by atoms with E-state index in [0.29, 0.717) is 23.7 Å². The first-order valence-corrected chi connectivity index (χ1v) is 23.0. The monoisotopic (exact) mass is 886 g/mol. The maximum absolute atomic E-state index is 11.8. The lowest BCUT2D eigenvalue weighted by Gasteiger charge is -2.18. The van der Waals surface area contributed by atoms with Crippen LogP contribution >= 0.6 is 0 Å². The van der Waals surface area contributed by atoms with Crippen molar-refractivity contribution in [1.29, 1.82) is 0 Å². The highest BCUT2D eigenvalue weighted by Gasteiger charge is 2.16. The number of pyridine rings is 2. The Morgan fingerprint density at radius 1 is 0.576 bits per heavy atom. The zero-order valence-electron chi connectivity index (χ0n) is 41.2. The molecule has 0 aliphatic rings. The molecule has 66 heavy (non-hydrogen) atoms. The molecule has 11 nitrogen and oxygen atoms in total. The Labute approximate surface area is 388 Å². The predicted molar refractivity (Wildman–Crippen MR) is 274 cm³/mol. The molecule has 0 aliphatic heterocycles. The van der Waals surface area contributed by atoms with Crippen molar-refractivity contribution in [1.82, 2.24) is 44.4 Å². The fourth-order valence-corrected chi connectivity index (χ4v) is 7.13. The Balaban J connectivity index is 0.000000137. The van der Waals surface area contributed by atoms with Crippen molar-refractivity contribution < 1.29 is 4.42 Å². The molecule has 0 saturated heterocycles. The second-order valence-corrected chi connectivity index (χ2v) is 19.1. The number of aromatic amines is 3. The number of nitrogens with zero attached hydrogens (tertiary/aromatic N) is 6. The van der Waals surface area contributed by atoms with Crippen LogP contribution in [0.15, 0.2) is 119 Å². The fraction of sp³-hybridized carbons (Fsp3) is 0.345. The van der Waals surface area contributed by atoms with Gasteiger partial charge < -0.3 is 23.9 Å². The van der Waals surface area contributed by atoms with E-state index in [4.69, 9.17) is 4.42 Å². The van der Waals surface area contributed by atoms with Gasteiger partial charge in [-0.05, 0) is 79.6 Å². The molecule has 0 radical (unpaired) electrons. The number of hydrogen-bond acceptors (Lipinski definition) is 7. The molecule has 344 valence electrons. The Morgan fingerprint density at radius 3 is 1.85 bits per heavy atom. The van der Waals surface area contributed by atoms with E-state index in [-0.39, 0.29) is 10.8 Å². The molecule has 10 aromatic rings. The first-order valence-electron chi connectivity index (χ1n) is 23.0. The molecule has 3 N–H and O–H groups in total. The average molecular weight is 886 g/mol. The third-order valence-electron chi connectivity index (χ3n) is 10.9. The van der Waals surface area contributed by atoms with Crippen molar-refractivity contribution in [3.63, 3.8) is 0 Å². The van der Waals surface area contributed by atoms with Crippen molar-refractivity contribution in [3.05, 3.63) is 160 Å². The molecule has 10 rings (SSSR count). The second kappa shape index (κ2) is 21.0. The van der Waals surface area contributed by atoms with Crippen LogP contribution in [0.4, 0.5) is 0 Å². The molecule has 0 atom stereocenters. The maximum Gasteiger partial charge on any atom is 0.198 e. The Morgan fingerprint density at radius 2 is 1.20 bits per heavy atom. The zero-order valence-corrected chi connectivity index (χ0v) is 41.2. The van der Waals surface area contributed by atoms with Crippen LogP contribution in [0.1, 0.15) is 140 Å². The first-order chi connectivity index (χ1) is 31.3. The first kappa shape index (κ1) is 48.6. The minimum atomic E-state index is -0.0246. The number of oxazole rings is 1. The van der Waals surface area contributed by atoms with E-state index in [1.54, 1.807) is 6.07 Å². The molecule has 6 aromatic heterocycles. The highest BCUT2D eigenvalue weighted by atomic mass is 16.3. The molecule has 0 aliphatic carbocycles. The summed E-state index contributed by atoms with van der Waals surface area (Å²) in [6, 6.07) is 33.7. The Bertz CT molecular complexity index is 3110. The van der Waals surface area contributed by atoms with E-state index >= 15 is 0 Å². The largest absolute Gasteiger partial charge is 0.440 e. The van der Waals surface area contributed by atoms with E-state index in [2.05, 4.69) is 171 Å². The number of aromatic nitrogens is 9. The minimum absolute atomic E-state index is 0.0246. The maximum atomic E-state index is 11.8. The van der Waals surface area contributed by atoms with E-state index in [9.17, 15) is 4.79 Å². The van der Waals surface area contributed by atoms with Gasteiger partial charge >= 0.3 is 0 Å². The predicted octanol–water partition coefficient (Wildman–Crippen LogP) is 13.9. The van der Waals surface area contributed by atoms with Gasteiger partial charge in [-0.3, -0.25) is 4.79 Å². The van der Waals surface area contributed by atoms with Gasteiger partial charge in [-0.2, -0.15) is 0 Å².